The molecule has 8 nitrogen and oxygen atoms in total. The summed E-state index contributed by atoms with van der Waals surface area (Å²) in [5.74, 6) is 1.57. The Morgan fingerprint density at radius 3 is 2.44 bits per heavy atom. The molecule has 1 amide bonds. The van der Waals surface area contributed by atoms with Crippen molar-refractivity contribution < 1.29 is 29.6 Å². The number of amides is 1. The van der Waals surface area contributed by atoms with Crippen LogP contribution >= 0.6 is 23.4 Å². The molecule has 0 aromatic heterocycles. The van der Waals surface area contributed by atoms with Gasteiger partial charge < -0.3 is 30.1 Å². The Hall–Kier alpha value is -0.130. The number of alkyl halides is 1. The van der Waals surface area contributed by atoms with E-state index in [1.54, 1.807) is 13.2 Å². The van der Waals surface area contributed by atoms with E-state index in [0.29, 0.717) is 18.4 Å². The monoisotopic (exact) mass is 520 g/mol. The van der Waals surface area contributed by atoms with Crippen molar-refractivity contribution in [3.8, 4) is 0 Å². The maximum Gasteiger partial charge on any atom is 0.240 e. The number of carbonyl (C=O) groups is 1. The van der Waals surface area contributed by atoms with E-state index in [9.17, 15) is 20.1 Å². The van der Waals surface area contributed by atoms with E-state index in [2.05, 4.69) is 10.2 Å². The van der Waals surface area contributed by atoms with Crippen LogP contribution in [0.25, 0.3) is 0 Å². The molecular formula is C24H41ClN2O6S. The van der Waals surface area contributed by atoms with Crippen molar-refractivity contribution in [1.29, 1.82) is 0 Å². The molecule has 4 N–H and O–H groups in total. The average Bonchev–Trinajstić information content (AvgIpc) is 3.39. The van der Waals surface area contributed by atoms with Gasteiger partial charge in [-0.05, 0) is 44.9 Å². The Kier molecular flexibility index (Phi) is 9.11. The lowest BCUT2D eigenvalue weighted by molar-refractivity contribution is -0.205. The highest BCUT2D eigenvalue weighted by Crippen LogP contribution is 2.42. The minimum absolute atomic E-state index is 0.175. The molecule has 3 heterocycles. The molecule has 2 unspecified atom stereocenters. The molecule has 10 heteroatoms. The van der Waals surface area contributed by atoms with Gasteiger partial charge in [0.05, 0.1) is 17.5 Å². The highest BCUT2D eigenvalue weighted by atomic mass is 35.5. The number of ether oxygens (including phenoxy) is 2. The number of hydrogen-bond donors (Lipinski definition) is 4. The van der Waals surface area contributed by atoms with Gasteiger partial charge in [0.15, 0.2) is 0 Å². The number of nitrogens with one attached hydrogen (secondary N) is 1. The van der Waals surface area contributed by atoms with Gasteiger partial charge in [-0.2, -0.15) is 0 Å². The van der Waals surface area contributed by atoms with Crippen molar-refractivity contribution in [3.63, 3.8) is 0 Å². The van der Waals surface area contributed by atoms with Gasteiger partial charge in [-0.3, -0.25) is 9.69 Å². The van der Waals surface area contributed by atoms with Gasteiger partial charge in [-0.15, -0.1) is 23.4 Å². The highest BCUT2D eigenvalue weighted by Gasteiger charge is 2.51. The van der Waals surface area contributed by atoms with Gasteiger partial charge in [-0.25, -0.2) is 0 Å². The first-order valence-electron chi connectivity index (χ1n) is 12.7. The highest BCUT2D eigenvalue weighted by molar-refractivity contribution is 7.99. The summed E-state index contributed by atoms with van der Waals surface area (Å²) >= 11 is 7.70. The summed E-state index contributed by atoms with van der Waals surface area (Å²) < 4.78 is 12.2. The Balaban J connectivity index is 1.45. The van der Waals surface area contributed by atoms with Crippen molar-refractivity contribution in [3.05, 3.63) is 0 Å². The first kappa shape index (κ1) is 26.9. The van der Waals surface area contributed by atoms with Crippen molar-refractivity contribution in [2.75, 3.05) is 26.5 Å². The largest absolute Gasteiger partial charge is 0.388 e. The van der Waals surface area contributed by atoms with E-state index in [-0.39, 0.29) is 12.0 Å². The van der Waals surface area contributed by atoms with Crippen molar-refractivity contribution in [2.45, 2.75) is 98.9 Å². The van der Waals surface area contributed by atoms with Gasteiger partial charge >= 0.3 is 0 Å². The zero-order valence-corrected chi connectivity index (χ0v) is 22.0. The maximum atomic E-state index is 13.6. The van der Waals surface area contributed by atoms with Crippen molar-refractivity contribution in [1.82, 2.24) is 10.2 Å². The molecule has 4 fully saturated rings. The number of aliphatic hydroxyl groups excluding tert-OH is 3. The number of hydrogen-bond acceptors (Lipinski definition) is 8. The summed E-state index contributed by atoms with van der Waals surface area (Å²) in [6.07, 6.45) is 4.11. The second-order valence-electron chi connectivity index (χ2n) is 10.7. The molecule has 0 aromatic rings. The van der Waals surface area contributed by atoms with Gasteiger partial charge in [-0.1, -0.05) is 25.7 Å². The Morgan fingerprint density at radius 1 is 1.09 bits per heavy atom. The Morgan fingerprint density at radius 2 is 1.79 bits per heavy atom. The molecular weight excluding hydrogens is 480 g/mol. The zero-order chi connectivity index (χ0) is 24.6. The quantitative estimate of drug-likeness (QED) is 0.386. The number of halogens is 1. The average molecular weight is 521 g/mol. The van der Waals surface area contributed by atoms with Gasteiger partial charge in [0.25, 0.3) is 0 Å². The normalized spacial score (nSPS) is 43.8. The first-order chi connectivity index (χ1) is 16.2. The minimum Gasteiger partial charge on any atom is -0.388 e. The molecule has 0 spiro atoms. The summed E-state index contributed by atoms with van der Waals surface area (Å²) in [7, 11) is 1.96. The lowest BCUT2D eigenvalue weighted by atomic mass is 9.81. The minimum atomic E-state index is -1.39. The van der Waals surface area contributed by atoms with E-state index >= 15 is 0 Å². The summed E-state index contributed by atoms with van der Waals surface area (Å²) in [4.78, 5) is 15.6. The molecule has 11 atom stereocenters. The molecule has 0 radical (unpaired) electrons. The third-order valence-corrected chi connectivity index (χ3v) is 9.64. The molecule has 4 aliphatic rings. The van der Waals surface area contributed by atoms with Crippen LogP contribution < -0.4 is 5.32 Å². The number of thioether (sulfide) groups is 1. The van der Waals surface area contributed by atoms with E-state index < -0.39 is 47.3 Å². The number of carbonyl (C=O) groups excluding carboxylic acids is 1. The molecule has 3 aliphatic heterocycles. The van der Waals surface area contributed by atoms with E-state index in [1.807, 2.05) is 7.05 Å². The predicted molar refractivity (Wildman–Crippen MR) is 132 cm³/mol. The van der Waals surface area contributed by atoms with Crippen LogP contribution in [0.4, 0.5) is 0 Å². The predicted octanol–water partition coefficient (Wildman–Crippen LogP) is 1.18. The molecule has 1 saturated carbocycles. The second kappa shape index (κ2) is 11.5. The summed E-state index contributed by atoms with van der Waals surface area (Å²) in [6.45, 7) is 3.22. The van der Waals surface area contributed by atoms with Crippen LogP contribution in [0.1, 0.15) is 45.4 Å². The SMILES string of the molecule is CSC1O[C@H]([C@H](NC(=O)[C@@H]2[C@@H]3OCC[C@H](C4CCCC4)C[C@H]3CN2C)[C@H](C)Cl)C(O)[C@@H](O)[C@H]1O. The van der Waals surface area contributed by atoms with E-state index in [4.69, 9.17) is 21.1 Å². The summed E-state index contributed by atoms with van der Waals surface area (Å²) in [5, 5.41) is 33.6. The Bertz CT molecular complexity index is 696. The molecule has 196 valence electrons. The van der Waals surface area contributed by atoms with Gasteiger partial charge in [0, 0.05) is 19.1 Å². The van der Waals surface area contributed by atoms with E-state index in [0.717, 1.165) is 25.3 Å². The summed E-state index contributed by atoms with van der Waals surface area (Å²) in [6, 6.07) is -1.19. The number of nitrogens with zero attached hydrogens (tertiary/aromatic N) is 1. The lowest BCUT2D eigenvalue weighted by Gasteiger charge is -2.44. The smallest absolute Gasteiger partial charge is 0.240 e. The molecule has 0 bridgehead atoms. The second-order valence-corrected chi connectivity index (χ2v) is 12.3. The topological polar surface area (TPSA) is 111 Å². The van der Waals surface area contributed by atoms with Crippen LogP contribution in [-0.4, -0.2) is 106 Å². The van der Waals surface area contributed by atoms with Crippen LogP contribution in [0, 0.1) is 17.8 Å². The van der Waals surface area contributed by atoms with Gasteiger partial charge in [0.1, 0.15) is 35.9 Å². The van der Waals surface area contributed by atoms with Crippen LogP contribution in [0.2, 0.25) is 0 Å². The summed E-state index contributed by atoms with van der Waals surface area (Å²) in [5.41, 5.74) is -0.727. The Labute approximate surface area is 212 Å². The van der Waals surface area contributed by atoms with Crippen LogP contribution in [0.15, 0.2) is 0 Å². The van der Waals surface area contributed by atoms with Crippen LogP contribution in [0.3, 0.4) is 0 Å². The molecule has 34 heavy (non-hydrogen) atoms. The standard InChI is InChI=1S/C24H41ClN2O6S/c1-12(25)16(22-19(29)18(28)20(30)24(33-22)34-3)26-23(31)17-21-15(11-27(17)2)10-14(8-9-32-21)13-6-4-5-7-13/h12-22,24,28-30H,4-11H2,1-3H3,(H,26,31)/t12-,14-,15-,16+,17-,18+,19?,20+,21+,22+,24?/m0/s1. The maximum absolute atomic E-state index is 13.6. The number of fused-ring (bicyclic) bond motifs is 1. The first-order valence-corrected chi connectivity index (χ1v) is 14.4. The number of rotatable bonds is 6. The molecule has 4 rings (SSSR count). The number of aliphatic hydroxyl groups is 3. The zero-order valence-electron chi connectivity index (χ0n) is 20.4. The van der Waals surface area contributed by atoms with Gasteiger partial charge in [0.2, 0.25) is 5.91 Å². The fraction of sp³-hybridized carbons (Fsp3) is 0.958. The third-order valence-electron chi connectivity index (χ3n) is 8.51. The van der Waals surface area contributed by atoms with Crippen LogP contribution in [-0.2, 0) is 14.3 Å². The van der Waals surface area contributed by atoms with Crippen LogP contribution in [0.5, 0.6) is 0 Å². The third kappa shape index (κ3) is 5.42. The molecule has 3 saturated heterocycles. The van der Waals surface area contributed by atoms with Crippen molar-refractivity contribution in [2.24, 2.45) is 17.8 Å². The fourth-order valence-electron chi connectivity index (χ4n) is 6.67. The van der Waals surface area contributed by atoms with E-state index in [1.165, 1.54) is 37.4 Å². The molecule has 1 aliphatic carbocycles. The number of likely N-dealkylation sites (tertiary alicyclic amines) is 1. The van der Waals surface area contributed by atoms with Crippen molar-refractivity contribution >= 4 is 29.3 Å². The molecule has 0 aromatic carbocycles. The fourth-order valence-corrected chi connectivity index (χ4v) is 7.56. The lowest BCUT2D eigenvalue weighted by Crippen LogP contribution is -2.65. The number of likely N-dealkylation sites (N-methyl/N-ethyl adjacent to an activating group) is 1.